The molecular weight excluding hydrogens is 286 g/mol. The van der Waals surface area contributed by atoms with Gasteiger partial charge in [0.1, 0.15) is 6.54 Å². The second-order valence-corrected chi connectivity index (χ2v) is 5.25. The Morgan fingerprint density at radius 2 is 1.86 bits per heavy atom. The molecule has 0 unspecified atom stereocenters. The van der Waals surface area contributed by atoms with Crippen molar-refractivity contribution in [1.82, 2.24) is 5.32 Å². The molecule has 1 aromatic carbocycles. The molecule has 122 valence electrons. The third-order valence-corrected chi connectivity index (χ3v) is 3.32. The summed E-state index contributed by atoms with van der Waals surface area (Å²) in [7, 11) is 3.15. The average Bonchev–Trinajstić information content (AvgIpc) is 2.46. The first kappa shape index (κ1) is 17.8. The van der Waals surface area contributed by atoms with Gasteiger partial charge in [-0.2, -0.15) is 0 Å². The molecule has 7 nitrogen and oxygen atoms in total. The Bertz CT molecular complexity index is 532. The monoisotopic (exact) mass is 310 g/mol. The Labute approximate surface area is 130 Å². The molecule has 0 aliphatic heterocycles. The van der Waals surface area contributed by atoms with Crippen LogP contribution >= 0.6 is 0 Å². The molecule has 1 aromatic rings. The summed E-state index contributed by atoms with van der Waals surface area (Å²) in [5, 5.41) is 3.99. The summed E-state index contributed by atoms with van der Waals surface area (Å²) in [5.41, 5.74) is 5.97. The minimum absolute atomic E-state index is 0.0551. The molecule has 0 aliphatic rings. The van der Waals surface area contributed by atoms with Gasteiger partial charge in [-0.3, -0.25) is 10.1 Å². The molecule has 0 saturated carbocycles. The van der Waals surface area contributed by atoms with Crippen molar-refractivity contribution in [1.29, 1.82) is 0 Å². The van der Waals surface area contributed by atoms with Gasteiger partial charge in [0.15, 0.2) is 17.5 Å². The summed E-state index contributed by atoms with van der Waals surface area (Å²) >= 11 is 0. The highest BCUT2D eigenvalue weighted by Gasteiger charge is 2.26. The van der Waals surface area contributed by atoms with E-state index in [2.05, 4.69) is 5.32 Å². The molecule has 1 rings (SSSR count). The van der Waals surface area contributed by atoms with Crippen molar-refractivity contribution in [3.05, 3.63) is 23.8 Å². The van der Waals surface area contributed by atoms with Crippen LogP contribution in [0.25, 0.3) is 0 Å². The molecule has 1 atom stereocenters. The third-order valence-electron chi connectivity index (χ3n) is 3.32. The lowest BCUT2D eigenvalue weighted by Crippen LogP contribution is -2.92. The summed E-state index contributed by atoms with van der Waals surface area (Å²) in [4.78, 5) is 22.8. The summed E-state index contributed by atoms with van der Waals surface area (Å²) in [6.07, 6.45) is 0. The Balaban J connectivity index is 2.77. The molecule has 0 bridgehead atoms. The van der Waals surface area contributed by atoms with Crippen molar-refractivity contribution in [3.63, 3.8) is 0 Å². The molecule has 3 amide bonds. The number of nitrogens with one attached hydrogen (secondary N) is 1. The van der Waals surface area contributed by atoms with Gasteiger partial charge >= 0.3 is 6.03 Å². The highest BCUT2D eigenvalue weighted by Crippen LogP contribution is 2.27. The van der Waals surface area contributed by atoms with E-state index in [9.17, 15) is 9.59 Å². The van der Waals surface area contributed by atoms with Gasteiger partial charge in [0.05, 0.1) is 14.2 Å². The number of hydrogen-bond donors (Lipinski definition) is 3. The fourth-order valence-corrected chi connectivity index (χ4v) is 2.16. The van der Waals surface area contributed by atoms with E-state index in [0.717, 1.165) is 5.56 Å². The summed E-state index contributed by atoms with van der Waals surface area (Å²) in [6, 6.07) is 4.34. The quantitative estimate of drug-likeness (QED) is 0.658. The standard InChI is InChI=1S/C15H23N3O4/c1-9(2)13(14(19)18-15(16)20)17-8-10-5-6-11(21-3)12(7-10)22-4/h5-7,9,13,17H,8H2,1-4H3,(H3,16,18,19,20)/p+1/t13-/m0/s1. The summed E-state index contributed by atoms with van der Waals surface area (Å²) in [5.74, 6) is 0.955. The molecule has 0 radical (unpaired) electrons. The SMILES string of the molecule is COc1ccc(C[NH2+][C@H](C(=O)NC(N)=O)C(C)C)cc1OC. The molecule has 0 fully saturated rings. The maximum absolute atomic E-state index is 12.0. The van der Waals surface area contributed by atoms with E-state index < -0.39 is 12.1 Å². The molecule has 7 heteroatoms. The van der Waals surface area contributed by atoms with E-state index in [1.54, 1.807) is 14.2 Å². The van der Waals surface area contributed by atoms with Gasteiger partial charge in [0.25, 0.3) is 5.91 Å². The smallest absolute Gasteiger partial charge is 0.319 e. The number of nitrogens with two attached hydrogens (primary N) is 2. The maximum atomic E-state index is 12.0. The minimum atomic E-state index is -0.838. The first-order chi connectivity index (χ1) is 10.4. The van der Waals surface area contributed by atoms with Crippen LogP contribution in [0.3, 0.4) is 0 Å². The number of amides is 3. The number of imide groups is 1. The van der Waals surface area contributed by atoms with Crippen molar-refractivity contribution >= 4 is 11.9 Å². The number of carbonyl (C=O) groups is 2. The highest BCUT2D eigenvalue weighted by atomic mass is 16.5. The lowest BCUT2D eigenvalue weighted by Gasteiger charge is -2.18. The number of urea groups is 1. The van der Waals surface area contributed by atoms with Gasteiger partial charge in [0, 0.05) is 11.5 Å². The first-order valence-corrected chi connectivity index (χ1v) is 7.03. The van der Waals surface area contributed by atoms with Crippen LogP contribution in [0.4, 0.5) is 4.79 Å². The summed E-state index contributed by atoms with van der Waals surface area (Å²) < 4.78 is 10.4. The second kappa shape index (κ2) is 8.23. The van der Waals surface area contributed by atoms with Crippen LogP contribution in [0, 0.1) is 5.92 Å². The molecule has 5 N–H and O–H groups in total. The van der Waals surface area contributed by atoms with E-state index >= 15 is 0 Å². The van der Waals surface area contributed by atoms with Crippen molar-refractivity contribution < 1.29 is 24.4 Å². The summed E-state index contributed by atoms with van der Waals surface area (Å²) in [6.45, 7) is 4.39. The van der Waals surface area contributed by atoms with Crippen molar-refractivity contribution in [2.75, 3.05) is 14.2 Å². The fourth-order valence-electron chi connectivity index (χ4n) is 2.16. The van der Waals surface area contributed by atoms with E-state index in [-0.39, 0.29) is 11.8 Å². The number of methoxy groups -OCH3 is 2. The third kappa shape index (κ3) is 4.92. The lowest BCUT2D eigenvalue weighted by atomic mass is 10.0. The largest absolute Gasteiger partial charge is 0.493 e. The lowest BCUT2D eigenvalue weighted by molar-refractivity contribution is -0.697. The van der Waals surface area contributed by atoms with Crippen LogP contribution in [-0.2, 0) is 11.3 Å². The van der Waals surface area contributed by atoms with Gasteiger partial charge < -0.3 is 20.5 Å². The van der Waals surface area contributed by atoms with Crippen LogP contribution in [0.15, 0.2) is 18.2 Å². The van der Waals surface area contributed by atoms with Gasteiger partial charge in [-0.05, 0) is 18.2 Å². The van der Waals surface area contributed by atoms with Crippen LogP contribution in [-0.4, -0.2) is 32.2 Å². The van der Waals surface area contributed by atoms with E-state index in [1.165, 1.54) is 0 Å². The number of hydrogen-bond acceptors (Lipinski definition) is 4. The van der Waals surface area contributed by atoms with Crippen molar-refractivity contribution in [3.8, 4) is 11.5 Å². The fraction of sp³-hybridized carbons (Fsp3) is 0.467. The zero-order valence-electron chi connectivity index (χ0n) is 13.4. The van der Waals surface area contributed by atoms with E-state index in [1.807, 2.05) is 37.4 Å². The maximum Gasteiger partial charge on any atom is 0.319 e. The number of carbonyl (C=O) groups excluding carboxylic acids is 2. The molecule has 0 saturated heterocycles. The van der Waals surface area contributed by atoms with Gasteiger partial charge in [-0.15, -0.1) is 0 Å². The molecule has 0 spiro atoms. The Morgan fingerprint density at radius 3 is 2.36 bits per heavy atom. The first-order valence-electron chi connectivity index (χ1n) is 7.03. The van der Waals surface area contributed by atoms with E-state index in [4.69, 9.17) is 15.2 Å². The molecule has 22 heavy (non-hydrogen) atoms. The van der Waals surface area contributed by atoms with Crippen LogP contribution in [0.1, 0.15) is 19.4 Å². The zero-order valence-corrected chi connectivity index (χ0v) is 13.4. The van der Waals surface area contributed by atoms with Crippen LogP contribution in [0.5, 0.6) is 11.5 Å². The van der Waals surface area contributed by atoms with Gasteiger partial charge in [-0.25, -0.2) is 4.79 Å². The predicted molar refractivity (Wildman–Crippen MR) is 81.5 cm³/mol. The molecule has 0 heterocycles. The number of ether oxygens (including phenoxy) is 2. The Hall–Kier alpha value is -2.28. The normalized spacial score (nSPS) is 11.9. The van der Waals surface area contributed by atoms with Crippen molar-refractivity contribution in [2.24, 2.45) is 11.7 Å². The second-order valence-electron chi connectivity index (χ2n) is 5.25. The Kier molecular flexibility index (Phi) is 6.65. The van der Waals surface area contributed by atoms with E-state index in [0.29, 0.717) is 18.0 Å². The number of benzene rings is 1. The average molecular weight is 310 g/mol. The highest BCUT2D eigenvalue weighted by molar-refractivity contribution is 5.95. The molecular formula is C15H24N3O4+. The number of primary amides is 1. The molecule has 0 aliphatic carbocycles. The Morgan fingerprint density at radius 1 is 1.23 bits per heavy atom. The number of quaternary nitrogens is 1. The van der Waals surface area contributed by atoms with Crippen LogP contribution < -0.4 is 25.8 Å². The van der Waals surface area contributed by atoms with Gasteiger partial charge in [-0.1, -0.05) is 13.8 Å². The number of rotatable bonds is 7. The van der Waals surface area contributed by atoms with Gasteiger partial charge in [0.2, 0.25) is 0 Å². The van der Waals surface area contributed by atoms with Crippen LogP contribution in [0.2, 0.25) is 0 Å². The topological polar surface area (TPSA) is 107 Å². The predicted octanol–water partition coefficient (Wildman–Crippen LogP) is -0.0133. The minimum Gasteiger partial charge on any atom is -0.493 e. The zero-order chi connectivity index (χ0) is 16.7. The molecule has 0 aromatic heterocycles. The van der Waals surface area contributed by atoms with Crippen molar-refractivity contribution in [2.45, 2.75) is 26.4 Å².